The lowest BCUT2D eigenvalue weighted by atomic mass is 10.0. The topological polar surface area (TPSA) is 85.6 Å². The summed E-state index contributed by atoms with van der Waals surface area (Å²) in [4.78, 5) is 36.5. The first-order valence-corrected chi connectivity index (χ1v) is 9.88. The third-order valence-corrected chi connectivity index (χ3v) is 5.31. The Morgan fingerprint density at radius 3 is 2.55 bits per heavy atom. The van der Waals surface area contributed by atoms with Crippen molar-refractivity contribution >= 4 is 33.6 Å². The average molecular weight is 415 g/mol. The Kier molecular flexibility index (Phi) is 5.54. The van der Waals surface area contributed by atoms with E-state index < -0.39 is 11.6 Å². The van der Waals surface area contributed by atoms with Crippen molar-refractivity contribution < 1.29 is 18.7 Å². The number of esters is 1. The van der Waals surface area contributed by atoms with Crippen LogP contribution >= 0.6 is 0 Å². The van der Waals surface area contributed by atoms with Crippen LogP contribution in [-0.2, 0) is 16.1 Å². The number of amides is 1. The van der Waals surface area contributed by atoms with Crippen molar-refractivity contribution in [2.24, 2.45) is 0 Å². The van der Waals surface area contributed by atoms with E-state index >= 15 is 0 Å². The second-order valence-electron chi connectivity index (χ2n) is 7.38. The van der Waals surface area contributed by atoms with Crippen LogP contribution in [0.15, 0.2) is 69.9 Å². The van der Waals surface area contributed by atoms with Crippen molar-refractivity contribution in [3.05, 3.63) is 93.3 Å². The van der Waals surface area contributed by atoms with Gasteiger partial charge in [-0.15, -0.1) is 0 Å². The molecule has 0 aliphatic rings. The molecule has 6 heteroatoms. The van der Waals surface area contributed by atoms with Crippen molar-refractivity contribution in [1.29, 1.82) is 0 Å². The van der Waals surface area contributed by atoms with E-state index in [0.29, 0.717) is 16.7 Å². The molecule has 0 aliphatic heterocycles. The summed E-state index contributed by atoms with van der Waals surface area (Å²) < 4.78 is 10.6. The number of hydrogen-bond donors (Lipinski definition) is 1. The maximum Gasteiger partial charge on any atom is 0.336 e. The molecule has 0 spiro atoms. The quantitative estimate of drug-likeness (QED) is 0.393. The van der Waals surface area contributed by atoms with Gasteiger partial charge in [-0.2, -0.15) is 0 Å². The van der Waals surface area contributed by atoms with E-state index in [2.05, 4.69) is 5.32 Å². The summed E-state index contributed by atoms with van der Waals surface area (Å²) in [5, 5.41) is 5.26. The van der Waals surface area contributed by atoms with Crippen LogP contribution in [0.3, 0.4) is 0 Å². The molecular formula is C25H21NO5. The monoisotopic (exact) mass is 415 g/mol. The van der Waals surface area contributed by atoms with Crippen molar-refractivity contribution in [2.75, 3.05) is 6.54 Å². The van der Waals surface area contributed by atoms with E-state index in [9.17, 15) is 14.4 Å². The molecule has 4 aromatic rings. The third kappa shape index (κ3) is 4.33. The van der Waals surface area contributed by atoms with Gasteiger partial charge in [0.15, 0.2) is 0 Å². The highest BCUT2D eigenvalue weighted by Crippen LogP contribution is 2.23. The van der Waals surface area contributed by atoms with Crippen molar-refractivity contribution in [3.8, 4) is 0 Å². The second-order valence-corrected chi connectivity index (χ2v) is 7.38. The molecular weight excluding hydrogens is 394 g/mol. The summed E-state index contributed by atoms with van der Waals surface area (Å²) in [6.45, 7) is 3.44. The summed E-state index contributed by atoms with van der Waals surface area (Å²) in [7, 11) is 0. The van der Waals surface area contributed by atoms with Gasteiger partial charge in [0.05, 0.1) is 0 Å². The smallest absolute Gasteiger partial charge is 0.336 e. The normalized spacial score (nSPS) is 10.9. The van der Waals surface area contributed by atoms with Gasteiger partial charge in [-0.25, -0.2) is 4.79 Å². The Hall–Kier alpha value is -3.93. The summed E-state index contributed by atoms with van der Waals surface area (Å²) in [6, 6.07) is 18.1. The van der Waals surface area contributed by atoms with Crippen LogP contribution in [0, 0.1) is 13.8 Å². The van der Waals surface area contributed by atoms with Crippen LogP contribution in [0.2, 0.25) is 0 Å². The van der Waals surface area contributed by atoms with Gasteiger partial charge in [0.2, 0.25) is 0 Å². The van der Waals surface area contributed by atoms with Crippen molar-refractivity contribution in [3.63, 3.8) is 0 Å². The number of ether oxygens (including phenoxy) is 1. The largest absolute Gasteiger partial charge is 0.459 e. The Morgan fingerprint density at radius 2 is 1.74 bits per heavy atom. The molecule has 1 N–H and O–H groups in total. The molecule has 0 saturated heterocycles. The zero-order valence-electron chi connectivity index (χ0n) is 17.2. The lowest BCUT2D eigenvalue weighted by Gasteiger charge is -2.10. The standard InChI is InChI=1S/C25H21NO5/c1-15-7-10-21-20(12-22(27)31-24(21)16(15)2)14-30-23(28)13-26-25(29)19-9-8-17-5-3-4-6-18(17)11-19/h3-12H,13-14H2,1-2H3,(H,26,29). The van der Waals surface area contributed by atoms with Gasteiger partial charge in [0.25, 0.3) is 5.91 Å². The maximum atomic E-state index is 12.4. The van der Waals surface area contributed by atoms with E-state index in [1.165, 1.54) is 6.07 Å². The molecule has 4 rings (SSSR count). The third-order valence-electron chi connectivity index (χ3n) is 5.31. The highest BCUT2D eigenvalue weighted by atomic mass is 16.5. The first-order valence-electron chi connectivity index (χ1n) is 9.88. The summed E-state index contributed by atoms with van der Waals surface area (Å²) in [5.74, 6) is -0.959. The first-order chi connectivity index (χ1) is 14.9. The minimum absolute atomic E-state index is 0.0880. The molecule has 1 aromatic heterocycles. The number of nitrogens with one attached hydrogen (secondary N) is 1. The molecule has 1 amide bonds. The molecule has 0 bridgehead atoms. The molecule has 1 heterocycles. The van der Waals surface area contributed by atoms with Gasteiger partial charge in [0.1, 0.15) is 18.7 Å². The Bertz CT molecular complexity index is 1370. The molecule has 3 aromatic carbocycles. The number of rotatable bonds is 5. The number of aryl methyl sites for hydroxylation is 2. The molecule has 0 unspecified atom stereocenters. The van der Waals surface area contributed by atoms with Gasteiger partial charge in [-0.1, -0.05) is 42.5 Å². The van der Waals surface area contributed by atoms with Crippen LogP contribution in [0.25, 0.3) is 21.7 Å². The second kappa shape index (κ2) is 8.44. The molecule has 156 valence electrons. The van der Waals surface area contributed by atoms with Crippen LogP contribution in [0.5, 0.6) is 0 Å². The SMILES string of the molecule is Cc1ccc2c(COC(=O)CNC(=O)c3ccc4ccccc4c3)cc(=O)oc2c1C. The van der Waals surface area contributed by atoms with Crippen LogP contribution < -0.4 is 10.9 Å². The molecule has 0 aliphatic carbocycles. The van der Waals surface area contributed by atoms with E-state index in [0.717, 1.165) is 27.3 Å². The number of fused-ring (bicyclic) bond motifs is 2. The molecule has 0 fully saturated rings. The molecule has 0 atom stereocenters. The fourth-order valence-corrected chi connectivity index (χ4v) is 3.44. The molecule has 0 radical (unpaired) electrons. The van der Waals surface area contributed by atoms with Gasteiger partial charge in [0, 0.05) is 22.6 Å². The van der Waals surface area contributed by atoms with Crippen molar-refractivity contribution in [2.45, 2.75) is 20.5 Å². The highest BCUT2D eigenvalue weighted by molar-refractivity contribution is 5.99. The Labute approximate surface area is 178 Å². The van der Waals surface area contributed by atoms with Gasteiger partial charge in [-0.3, -0.25) is 9.59 Å². The molecule has 0 saturated carbocycles. The number of hydrogen-bond acceptors (Lipinski definition) is 5. The average Bonchev–Trinajstić information content (AvgIpc) is 2.78. The fourth-order valence-electron chi connectivity index (χ4n) is 3.44. The van der Waals surface area contributed by atoms with Crippen LogP contribution in [0.1, 0.15) is 27.0 Å². The molecule has 31 heavy (non-hydrogen) atoms. The number of carbonyl (C=O) groups excluding carboxylic acids is 2. The van der Waals surface area contributed by atoms with Crippen LogP contribution in [0.4, 0.5) is 0 Å². The van der Waals surface area contributed by atoms with Gasteiger partial charge >= 0.3 is 11.6 Å². The van der Waals surface area contributed by atoms with E-state index in [1.807, 2.05) is 56.3 Å². The first kappa shape index (κ1) is 20.3. The lowest BCUT2D eigenvalue weighted by molar-refractivity contribution is -0.143. The lowest BCUT2D eigenvalue weighted by Crippen LogP contribution is -2.30. The predicted molar refractivity (Wildman–Crippen MR) is 118 cm³/mol. The van der Waals surface area contributed by atoms with Gasteiger partial charge < -0.3 is 14.5 Å². The Balaban J connectivity index is 1.41. The molecule has 6 nitrogen and oxygen atoms in total. The summed E-state index contributed by atoms with van der Waals surface area (Å²) >= 11 is 0. The highest BCUT2D eigenvalue weighted by Gasteiger charge is 2.13. The van der Waals surface area contributed by atoms with Crippen molar-refractivity contribution in [1.82, 2.24) is 5.32 Å². The predicted octanol–water partition coefficient (Wildman–Crippen LogP) is 4.04. The zero-order chi connectivity index (χ0) is 22.0. The fraction of sp³-hybridized carbons (Fsp3) is 0.160. The number of carbonyl (C=O) groups is 2. The Morgan fingerprint density at radius 1 is 0.968 bits per heavy atom. The minimum atomic E-state index is -0.598. The van der Waals surface area contributed by atoms with E-state index in [-0.39, 0.29) is 19.1 Å². The van der Waals surface area contributed by atoms with Crippen LogP contribution in [-0.4, -0.2) is 18.4 Å². The zero-order valence-corrected chi connectivity index (χ0v) is 17.2. The summed E-state index contributed by atoms with van der Waals surface area (Å²) in [6.07, 6.45) is 0. The maximum absolute atomic E-state index is 12.4. The minimum Gasteiger partial charge on any atom is -0.459 e. The van der Waals surface area contributed by atoms with E-state index in [1.54, 1.807) is 12.1 Å². The number of benzene rings is 3. The summed E-state index contributed by atoms with van der Waals surface area (Å²) in [5.41, 5.74) is 2.87. The van der Waals surface area contributed by atoms with E-state index in [4.69, 9.17) is 9.15 Å². The van der Waals surface area contributed by atoms with Gasteiger partial charge in [-0.05, 0) is 47.9 Å².